The lowest BCUT2D eigenvalue weighted by Crippen LogP contribution is -2.15. The fraction of sp³-hybridized carbons (Fsp3) is 0.222. The average Bonchev–Trinajstić information content (AvgIpc) is 2.18. The molecule has 0 atom stereocenters. The van der Waals surface area contributed by atoms with E-state index in [1.807, 2.05) is 6.07 Å². The minimum Gasteiger partial charge on any atom is -0.329 e. The summed E-state index contributed by atoms with van der Waals surface area (Å²) in [5, 5.41) is 8.59. The van der Waals surface area contributed by atoms with Gasteiger partial charge in [0.05, 0.1) is 22.3 Å². The van der Waals surface area contributed by atoms with Crippen LogP contribution in [0.15, 0.2) is 29.2 Å². The van der Waals surface area contributed by atoms with Gasteiger partial charge in [-0.15, -0.1) is 0 Å². The third-order valence-electron chi connectivity index (χ3n) is 1.71. The van der Waals surface area contributed by atoms with Crippen LogP contribution in [0.2, 0.25) is 0 Å². The van der Waals surface area contributed by atoms with Gasteiger partial charge in [0.2, 0.25) is 0 Å². The van der Waals surface area contributed by atoms with E-state index in [0.29, 0.717) is 5.56 Å². The lowest BCUT2D eigenvalue weighted by molar-refractivity contribution is 0.596. The van der Waals surface area contributed by atoms with E-state index in [1.165, 1.54) is 12.1 Å². The molecule has 0 unspecified atom stereocenters. The maximum Gasteiger partial charge on any atom is 0.179 e. The molecule has 0 spiro atoms. The summed E-state index contributed by atoms with van der Waals surface area (Å²) in [4.78, 5) is 0.155. The summed E-state index contributed by atoms with van der Waals surface area (Å²) in [7, 11) is -3.32. The molecule has 5 heteroatoms. The first-order valence-electron chi connectivity index (χ1n) is 4.03. The SMILES string of the molecule is N#Cc1cccc(S(=O)(=O)CCN)c1. The minimum absolute atomic E-state index is 0.0825. The Morgan fingerprint density at radius 1 is 1.43 bits per heavy atom. The topological polar surface area (TPSA) is 84.0 Å². The molecule has 1 aromatic rings. The molecular formula is C9H10N2O2S. The van der Waals surface area contributed by atoms with Gasteiger partial charge in [0.1, 0.15) is 0 Å². The average molecular weight is 210 g/mol. The van der Waals surface area contributed by atoms with Gasteiger partial charge in [0.25, 0.3) is 0 Å². The number of rotatable bonds is 3. The first-order valence-corrected chi connectivity index (χ1v) is 5.68. The van der Waals surface area contributed by atoms with Crippen molar-refractivity contribution in [3.8, 4) is 6.07 Å². The first kappa shape index (κ1) is 10.7. The molecule has 0 fully saturated rings. The normalized spacial score (nSPS) is 10.9. The van der Waals surface area contributed by atoms with E-state index < -0.39 is 9.84 Å². The molecule has 0 saturated heterocycles. The maximum atomic E-state index is 11.5. The van der Waals surface area contributed by atoms with E-state index in [-0.39, 0.29) is 17.2 Å². The molecule has 0 saturated carbocycles. The standard InChI is InChI=1S/C9H10N2O2S/c10-4-5-14(12,13)9-3-1-2-8(6-9)7-11/h1-3,6H,4-5,10H2. The molecule has 2 N–H and O–H groups in total. The van der Waals surface area contributed by atoms with Crippen LogP contribution in [-0.2, 0) is 9.84 Å². The Bertz CT molecular complexity index is 460. The van der Waals surface area contributed by atoms with Crippen LogP contribution in [0.25, 0.3) is 0 Å². The number of nitrogens with two attached hydrogens (primary N) is 1. The van der Waals surface area contributed by atoms with Crippen molar-refractivity contribution in [3.63, 3.8) is 0 Å². The molecule has 0 heterocycles. The summed E-state index contributed by atoms with van der Waals surface area (Å²) >= 11 is 0. The van der Waals surface area contributed by atoms with Crippen LogP contribution >= 0.6 is 0 Å². The smallest absolute Gasteiger partial charge is 0.179 e. The van der Waals surface area contributed by atoms with Crippen molar-refractivity contribution in [2.24, 2.45) is 5.73 Å². The number of nitrogens with zero attached hydrogens (tertiary/aromatic N) is 1. The summed E-state index contributed by atoms with van der Waals surface area (Å²) in [6, 6.07) is 7.80. The summed E-state index contributed by atoms with van der Waals surface area (Å²) in [5.74, 6) is -0.0954. The fourth-order valence-electron chi connectivity index (χ4n) is 1.03. The van der Waals surface area contributed by atoms with Gasteiger partial charge in [0.15, 0.2) is 9.84 Å². The van der Waals surface area contributed by atoms with E-state index in [4.69, 9.17) is 11.0 Å². The molecular weight excluding hydrogens is 200 g/mol. The van der Waals surface area contributed by atoms with Crippen molar-refractivity contribution in [1.29, 1.82) is 5.26 Å². The monoisotopic (exact) mass is 210 g/mol. The molecule has 0 radical (unpaired) electrons. The number of nitriles is 1. The van der Waals surface area contributed by atoms with Crippen LogP contribution in [0.3, 0.4) is 0 Å². The van der Waals surface area contributed by atoms with Crippen LogP contribution in [0.4, 0.5) is 0 Å². The largest absolute Gasteiger partial charge is 0.329 e. The van der Waals surface area contributed by atoms with Crippen LogP contribution < -0.4 is 5.73 Å². The van der Waals surface area contributed by atoms with Gasteiger partial charge in [-0.05, 0) is 18.2 Å². The molecule has 0 aromatic heterocycles. The predicted octanol–water partition coefficient (Wildman–Crippen LogP) is 0.291. The van der Waals surface area contributed by atoms with Crippen LogP contribution in [0.5, 0.6) is 0 Å². The molecule has 0 aliphatic rings. The summed E-state index contributed by atoms with van der Waals surface area (Å²) < 4.78 is 23.0. The summed E-state index contributed by atoms with van der Waals surface area (Å²) in [5.41, 5.74) is 5.51. The zero-order valence-electron chi connectivity index (χ0n) is 7.47. The van der Waals surface area contributed by atoms with Crippen molar-refractivity contribution in [3.05, 3.63) is 29.8 Å². The Morgan fingerprint density at radius 2 is 2.14 bits per heavy atom. The van der Waals surface area contributed by atoms with Crippen molar-refractivity contribution in [1.82, 2.24) is 0 Å². The van der Waals surface area contributed by atoms with E-state index >= 15 is 0 Å². The van der Waals surface area contributed by atoms with Gasteiger partial charge in [0, 0.05) is 6.54 Å². The van der Waals surface area contributed by atoms with Gasteiger partial charge in [-0.3, -0.25) is 0 Å². The van der Waals surface area contributed by atoms with Crippen LogP contribution in [0.1, 0.15) is 5.56 Å². The van der Waals surface area contributed by atoms with E-state index in [9.17, 15) is 8.42 Å². The molecule has 74 valence electrons. The van der Waals surface area contributed by atoms with Crippen molar-refractivity contribution in [2.75, 3.05) is 12.3 Å². The van der Waals surface area contributed by atoms with Gasteiger partial charge in [-0.2, -0.15) is 5.26 Å². The third-order valence-corrected chi connectivity index (χ3v) is 3.45. The molecule has 0 bridgehead atoms. The van der Waals surface area contributed by atoms with Crippen molar-refractivity contribution < 1.29 is 8.42 Å². The molecule has 1 aromatic carbocycles. The first-order chi connectivity index (χ1) is 6.60. The van der Waals surface area contributed by atoms with Gasteiger partial charge < -0.3 is 5.73 Å². The quantitative estimate of drug-likeness (QED) is 0.777. The minimum atomic E-state index is -3.32. The lowest BCUT2D eigenvalue weighted by atomic mass is 10.2. The second-order valence-corrected chi connectivity index (χ2v) is 4.86. The van der Waals surface area contributed by atoms with Gasteiger partial charge in [-0.1, -0.05) is 6.07 Å². The molecule has 0 aliphatic carbocycles. The highest BCUT2D eigenvalue weighted by Crippen LogP contribution is 2.12. The van der Waals surface area contributed by atoms with E-state index in [0.717, 1.165) is 0 Å². The zero-order valence-corrected chi connectivity index (χ0v) is 8.29. The Balaban J connectivity index is 3.15. The van der Waals surface area contributed by atoms with Crippen molar-refractivity contribution >= 4 is 9.84 Å². The third kappa shape index (κ3) is 2.31. The Kier molecular flexibility index (Phi) is 3.23. The summed E-state index contributed by atoms with van der Waals surface area (Å²) in [6.07, 6.45) is 0. The predicted molar refractivity (Wildman–Crippen MR) is 52.3 cm³/mol. The van der Waals surface area contributed by atoms with Gasteiger partial charge in [-0.25, -0.2) is 8.42 Å². The highest BCUT2D eigenvalue weighted by molar-refractivity contribution is 7.91. The Hall–Kier alpha value is -1.38. The maximum absolute atomic E-state index is 11.5. The molecule has 0 amide bonds. The van der Waals surface area contributed by atoms with Crippen LogP contribution in [-0.4, -0.2) is 20.7 Å². The number of benzene rings is 1. The summed E-state index contributed by atoms with van der Waals surface area (Å²) in [6.45, 7) is 0.0825. The van der Waals surface area contributed by atoms with Crippen LogP contribution in [0, 0.1) is 11.3 Å². The Morgan fingerprint density at radius 3 is 2.71 bits per heavy atom. The fourth-order valence-corrected chi connectivity index (χ4v) is 2.17. The number of hydrogen-bond donors (Lipinski definition) is 1. The number of sulfone groups is 1. The Labute approximate surface area is 82.9 Å². The van der Waals surface area contributed by atoms with Gasteiger partial charge >= 0.3 is 0 Å². The zero-order chi connectivity index (χ0) is 10.6. The second kappa shape index (κ2) is 4.22. The molecule has 14 heavy (non-hydrogen) atoms. The molecule has 1 rings (SSSR count). The van der Waals surface area contributed by atoms with E-state index in [1.54, 1.807) is 12.1 Å². The highest BCUT2D eigenvalue weighted by atomic mass is 32.2. The lowest BCUT2D eigenvalue weighted by Gasteiger charge is -2.01. The number of hydrogen-bond acceptors (Lipinski definition) is 4. The van der Waals surface area contributed by atoms with E-state index in [2.05, 4.69) is 0 Å². The molecule has 0 aliphatic heterocycles. The second-order valence-electron chi connectivity index (χ2n) is 2.75. The molecule has 4 nitrogen and oxygen atoms in total. The highest BCUT2D eigenvalue weighted by Gasteiger charge is 2.12. The van der Waals surface area contributed by atoms with Crippen molar-refractivity contribution in [2.45, 2.75) is 4.90 Å².